The number of nitrogens with zero attached hydrogens (tertiary/aromatic N) is 2. The summed E-state index contributed by atoms with van der Waals surface area (Å²) < 4.78 is 6.46. The average Bonchev–Trinajstić information content (AvgIpc) is 2.54. The summed E-state index contributed by atoms with van der Waals surface area (Å²) in [6.45, 7) is 0.299. The SMILES string of the molecule is NC(=S)N/N=C\c1ccc(OCc2ccc([N+](=O)[O-])cc2)c(Br)c1. The van der Waals surface area contributed by atoms with Gasteiger partial charge in [0.1, 0.15) is 12.4 Å². The number of hydrogen-bond donors (Lipinski definition) is 2. The van der Waals surface area contributed by atoms with E-state index in [0.717, 1.165) is 15.6 Å². The minimum atomic E-state index is -0.437. The molecule has 9 heteroatoms. The van der Waals surface area contributed by atoms with Crippen molar-refractivity contribution in [2.45, 2.75) is 6.61 Å². The number of non-ortho nitro benzene ring substituents is 1. The van der Waals surface area contributed by atoms with Crippen molar-refractivity contribution in [3.05, 3.63) is 68.2 Å². The quantitative estimate of drug-likeness (QED) is 0.329. The van der Waals surface area contributed by atoms with Crippen LogP contribution in [0.25, 0.3) is 0 Å². The van der Waals surface area contributed by atoms with Crippen molar-refractivity contribution in [3.8, 4) is 5.75 Å². The Labute approximate surface area is 151 Å². The van der Waals surface area contributed by atoms with Gasteiger partial charge in [0.05, 0.1) is 15.6 Å². The predicted molar refractivity (Wildman–Crippen MR) is 99.1 cm³/mol. The third kappa shape index (κ3) is 5.28. The molecule has 0 saturated carbocycles. The van der Waals surface area contributed by atoms with Crippen LogP contribution in [0.15, 0.2) is 52.0 Å². The molecule has 0 aliphatic heterocycles. The molecule has 0 saturated heterocycles. The first kappa shape index (κ1) is 17.8. The van der Waals surface area contributed by atoms with Gasteiger partial charge in [-0.3, -0.25) is 15.5 Å². The second-order valence-corrected chi connectivity index (χ2v) is 5.93. The standard InChI is InChI=1S/C15H13BrN4O3S/c16-13-7-11(8-18-19-15(17)24)3-6-14(13)23-9-10-1-4-12(5-2-10)20(21)22/h1-8H,9H2,(H3,17,19,24)/b18-8-. The van der Waals surface area contributed by atoms with Gasteiger partial charge in [-0.25, -0.2) is 0 Å². The molecule has 0 aromatic heterocycles. The molecule has 3 N–H and O–H groups in total. The summed E-state index contributed by atoms with van der Waals surface area (Å²) in [4.78, 5) is 10.2. The van der Waals surface area contributed by atoms with Gasteiger partial charge < -0.3 is 10.5 Å². The van der Waals surface area contributed by atoms with Crippen molar-refractivity contribution in [2.24, 2.45) is 10.8 Å². The lowest BCUT2D eigenvalue weighted by Crippen LogP contribution is -2.23. The van der Waals surface area contributed by atoms with Crippen molar-refractivity contribution >= 4 is 45.2 Å². The molecule has 0 aliphatic carbocycles. The summed E-state index contributed by atoms with van der Waals surface area (Å²) in [6.07, 6.45) is 1.57. The van der Waals surface area contributed by atoms with Crippen LogP contribution in [0.4, 0.5) is 5.69 Å². The second kappa shape index (κ2) is 8.37. The third-order valence-electron chi connectivity index (χ3n) is 2.89. The van der Waals surface area contributed by atoms with E-state index in [2.05, 4.69) is 38.7 Å². The molecule has 0 unspecified atom stereocenters. The summed E-state index contributed by atoms with van der Waals surface area (Å²) in [5.41, 5.74) is 9.45. The van der Waals surface area contributed by atoms with Gasteiger partial charge in [-0.1, -0.05) is 0 Å². The van der Waals surface area contributed by atoms with E-state index in [4.69, 9.17) is 10.5 Å². The molecule has 0 atom stereocenters. The topological polar surface area (TPSA) is 103 Å². The van der Waals surface area contributed by atoms with Crippen LogP contribution in [0.1, 0.15) is 11.1 Å². The van der Waals surface area contributed by atoms with Crippen LogP contribution in [0, 0.1) is 10.1 Å². The van der Waals surface area contributed by atoms with Gasteiger partial charge >= 0.3 is 0 Å². The molecule has 0 radical (unpaired) electrons. The Hall–Kier alpha value is -2.52. The highest BCUT2D eigenvalue weighted by atomic mass is 79.9. The highest BCUT2D eigenvalue weighted by Gasteiger charge is 2.06. The zero-order chi connectivity index (χ0) is 17.5. The normalized spacial score (nSPS) is 10.5. The lowest BCUT2D eigenvalue weighted by molar-refractivity contribution is -0.384. The first-order valence-corrected chi connectivity index (χ1v) is 7.90. The van der Waals surface area contributed by atoms with Gasteiger partial charge in [0.25, 0.3) is 5.69 Å². The van der Waals surface area contributed by atoms with E-state index >= 15 is 0 Å². The van der Waals surface area contributed by atoms with Crippen molar-refractivity contribution in [3.63, 3.8) is 0 Å². The Morgan fingerprint density at radius 3 is 2.67 bits per heavy atom. The monoisotopic (exact) mass is 408 g/mol. The number of rotatable bonds is 6. The maximum absolute atomic E-state index is 10.6. The van der Waals surface area contributed by atoms with Crippen LogP contribution in [0.5, 0.6) is 5.75 Å². The van der Waals surface area contributed by atoms with Gasteiger partial charge in [-0.2, -0.15) is 5.10 Å². The molecule has 0 spiro atoms. The van der Waals surface area contributed by atoms with E-state index in [9.17, 15) is 10.1 Å². The van der Waals surface area contributed by atoms with E-state index in [1.165, 1.54) is 12.1 Å². The van der Waals surface area contributed by atoms with E-state index < -0.39 is 4.92 Å². The first-order valence-electron chi connectivity index (χ1n) is 6.70. The minimum Gasteiger partial charge on any atom is -0.488 e. The van der Waals surface area contributed by atoms with Gasteiger partial charge in [-0.05, 0) is 69.6 Å². The number of benzene rings is 2. The van der Waals surface area contributed by atoms with Gasteiger partial charge in [0, 0.05) is 12.1 Å². The molecular weight excluding hydrogens is 396 g/mol. The van der Waals surface area contributed by atoms with Crippen LogP contribution >= 0.6 is 28.1 Å². The number of nitrogens with two attached hydrogens (primary N) is 1. The number of hydrazone groups is 1. The number of nitro benzene ring substituents is 1. The molecule has 0 bridgehead atoms. The Balaban J connectivity index is 1.98. The van der Waals surface area contributed by atoms with Crippen molar-refractivity contribution in [1.29, 1.82) is 0 Å². The van der Waals surface area contributed by atoms with Gasteiger partial charge in [0.2, 0.25) is 0 Å². The van der Waals surface area contributed by atoms with Gasteiger partial charge in [-0.15, -0.1) is 0 Å². The largest absolute Gasteiger partial charge is 0.488 e. The molecule has 0 fully saturated rings. The lowest BCUT2D eigenvalue weighted by atomic mass is 10.2. The fourth-order valence-electron chi connectivity index (χ4n) is 1.76. The third-order valence-corrected chi connectivity index (χ3v) is 3.60. The zero-order valence-corrected chi connectivity index (χ0v) is 14.7. The molecule has 0 heterocycles. The minimum absolute atomic E-state index is 0.0501. The number of nitro groups is 1. The fourth-order valence-corrected chi connectivity index (χ4v) is 2.32. The molecule has 2 aromatic rings. The highest BCUT2D eigenvalue weighted by molar-refractivity contribution is 9.10. The van der Waals surface area contributed by atoms with E-state index in [1.54, 1.807) is 24.4 Å². The van der Waals surface area contributed by atoms with Gasteiger partial charge in [0.15, 0.2) is 5.11 Å². The van der Waals surface area contributed by atoms with E-state index in [1.807, 2.05) is 12.1 Å². The Morgan fingerprint density at radius 1 is 1.38 bits per heavy atom. The maximum Gasteiger partial charge on any atom is 0.269 e. The van der Waals surface area contributed by atoms with Crippen molar-refractivity contribution in [2.75, 3.05) is 0 Å². The van der Waals surface area contributed by atoms with Crippen LogP contribution in [0.3, 0.4) is 0 Å². The van der Waals surface area contributed by atoms with Crippen LogP contribution in [-0.2, 0) is 6.61 Å². The number of thiocarbonyl (C=S) groups is 1. The fraction of sp³-hybridized carbons (Fsp3) is 0.0667. The molecular formula is C15H13BrN4O3S. The van der Waals surface area contributed by atoms with Crippen LogP contribution in [-0.4, -0.2) is 16.3 Å². The number of halogens is 1. The summed E-state index contributed by atoms with van der Waals surface area (Å²) in [7, 11) is 0. The molecule has 2 rings (SSSR count). The lowest BCUT2D eigenvalue weighted by Gasteiger charge is -2.09. The van der Waals surface area contributed by atoms with E-state index in [-0.39, 0.29) is 10.8 Å². The Kier molecular flexibility index (Phi) is 6.21. The summed E-state index contributed by atoms with van der Waals surface area (Å²) >= 11 is 8.07. The Bertz CT molecular complexity index is 781. The summed E-state index contributed by atoms with van der Waals surface area (Å²) in [5.74, 6) is 0.646. The highest BCUT2D eigenvalue weighted by Crippen LogP contribution is 2.26. The van der Waals surface area contributed by atoms with E-state index in [0.29, 0.717) is 12.4 Å². The maximum atomic E-state index is 10.6. The molecule has 2 aromatic carbocycles. The Morgan fingerprint density at radius 2 is 2.08 bits per heavy atom. The van der Waals surface area contributed by atoms with Crippen LogP contribution in [0.2, 0.25) is 0 Å². The molecule has 24 heavy (non-hydrogen) atoms. The number of hydrogen-bond acceptors (Lipinski definition) is 5. The van der Waals surface area contributed by atoms with Crippen LogP contribution < -0.4 is 15.9 Å². The summed E-state index contributed by atoms with van der Waals surface area (Å²) in [6, 6.07) is 11.7. The molecule has 0 aliphatic rings. The molecule has 0 amide bonds. The summed E-state index contributed by atoms with van der Waals surface area (Å²) in [5, 5.41) is 14.6. The number of nitrogens with one attached hydrogen (secondary N) is 1. The predicted octanol–water partition coefficient (Wildman–Crippen LogP) is 3.10. The second-order valence-electron chi connectivity index (χ2n) is 4.64. The molecule has 7 nitrogen and oxygen atoms in total. The van der Waals surface area contributed by atoms with Crippen molar-refractivity contribution in [1.82, 2.24) is 5.43 Å². The zero-order valence-electron chi connectivity index (χ0n) is 12.3. The van der Waals surface area contributed by atoms with Crippen molar-refractivity contribution < 1.29 is 9.66 Å². The molecule has 124 valence electrons. The first-order chi connectivity index (χ1) is 11.5. The number of ether oxygens (including phenoxy) is 1. The smallest absolute Gasteiger partial charge is 0.269 e. The average molecular weight is 409 g/mol.